The Bertz CT molecular complexity index is 440. The van der Waals surface area contributed by atoms with Crippen LogP contribution >= 0.6 is 33.9 Å². The molecule has 0 aliphatic rings. The van der Waals surface area contributed by atoms with E-state index in [1.807, 2.05) is 18.4 Å². The minimum absolute atomic E-state index is 0.599. The van der Waals surface area contributed by atoms with Gasteiger partial charge in [-0.25, -0.2) is 0 Å². The van der Waals surface area contributed by atoms with E-state index in [1.165, 1.54) is 2.88 Å². The van der Waals surface area contributed by atoms with Gasteiger partial charge in [-0.15, -0.1) is 21.5 Å². The van der Waals surface area contributed by atoms with Crippen molar-refractivity contribution >= 4 is 33.9 Å². The van der Waals surface area contributed by atoms with Gasteiger partial charge in [0.1, 0.15) is 0 Å². The molecule has 0 saturated heterocycles. The Morgan fingerprint density at radius 3 is 3.07 bits per heavy atom. The first-order chi connectivity index (χ1) is 7.29. The minimum Gasteiger partial charge on any atom is -0.419 e. The highest BCUT2D eigenvalue weighted by molar-refractivity contribution is 14.1. The van der Waals surface area contributed by atoms with Gasteiger partial charge in [0.15, 0.2) is 0 Å². The maximum atomic E-state index is 5.50. The van der Waals surface area contributed by atoms with Crippen molar-refractivity contribution in [3.63, 3.8) is 0 Å². The molecule has 0 radical (unpaired) electrons. The zero-order chi connectivity index (χ0) is 10.7. The van der Waals surface area contributed by atoms with Gasteiger partial charge in [-0.05, 0) is 35.2 Å². The molecular weight excluding hydrogens is 325 g/mol. The van der Waals surface area contributed by atoms with Gasteiger partial charge in [0, 0.05) is 5.38 Å². The average molecular weight is 335 g/mol. The number of nitrogens with one attached hydrogen (secondary N) is 1. The Morgan fingerprint density at radius 1 is 1.53 bits per heavy atom. The number of rotatable bonds is 4. The monoisotopic (exact) mass is 335 g/mol. The molecule has 2 heterocycles. The third-order valence-electron chi connectivity index (χ3n) is 1.81. The highest BCUT2D eigenvalue weighted by Crippen LogP contribution is 2.25. The molecular formula is C9H10IN3OS. The van der Waals surface area contributed by atoms with Gasteiger partial charge in [0.2, 0.25) is 11.8 Å². The van der Waals surface area contributed by atoms with Gasteiger partial charge in [0.25, 0.3) is 0 Å². The lowest BCUT2D eigenvalue weighted by Crippen LogP contribution is -2.11. The van der Waals surface area contributed by atoms with Gasteiger partial charge >= 0.3 is 0 Å². The van der Waals surface area contributed by atoms with Crippen molar-refractivity contribution < 1.29 is 4.42 Å². The zero-order valence-corrected chi connectivity index (χ0v) is 11.1. The van der Waals surface area contributed by atoms with Crippen LogP contribution in [0.2, 0.25) is 0 Å². The van der Waals surface area contributed by atoms with Crippen LogP contribution in [0.1, 0.15) is 12.8 Å². The lowest BCUT2D eigenvalue weighted by atomic mass is 10.3. The summed E-state index contributed by atoms with van der Waals surface area (Å²) in [5, 5.41) is 13.1. The summed E-state index contributed by atoms with van der Waals surface area (Å²) >= 11 is 3.94. The molecule has 0 aliphatic heterocycles. The van der Waals surface area contributed by atoms with Crippen molar-refractivity contribution in [2.75, 3.05) is 6.54 Å². The van der Waals surface area contributed by atoms with E-state index in [0.29, 0.717) is 18.3 Å². The summed E-state index contributed by atoms with van der Waals surface area (Å²) in [6, 6.07) is 2.04. The van der Waals surface area contributed by atoms with E-state index in [-0.39, 0.29) is 0 Å². The van der Waals surface area contributed by atoms with E-state index in [9.17, 15) is 0 Å². The summed E-state index contributed by atoms with van der Waals surface area (Å²) in [4.78, 5) is 0. The minimum atomic E-state index is 0.599. The van der Waals surface area contributed by atoms with Crippen molar-refractivity contribution in [2.45, 2.75) is 13.5 Å². The van der Waals surface area contributed by atoms with Gasteiger partial charge in [-0.2, -0.15) is 0 Å². The first-order valence-corrected chi connectivity index (χ1v) is 6.53. The smallest absolute Gasteiger partial charge is 0.248 e. The largest absolute Gasteiger partial charge is 0.419 e. The fourth-order valence-electron chi connectivity index (χ4n) is 1.10. The Morgan fingerprint density at radius 2 is 2.40 bits per heavy atom. The fourth-order valence-corrected chi connectivity index (χ4v) is 2.42. The second-order valence-electron chi connectivity index (χ2n) is 2.92. The van der Waals surface area contributed by atoms with Gasteiger partial charge in [-0.3, -0.25) is 0 Å². The van der Waals surface area contributed by atoms with Crippen molar-refractivity contribution in [1.29, 1.82) is 0 Å². The van der Waals surface area contributed by atoms with E-state index in [2.05, 4.69) is 38.1 Å². The molecule has 0 bridgehead atoms. The van der Waals surface area contributed by atoms with Crippen LogP contribution in [-0.2, 0) is 6.54 Å². The third kappa shape index (κ3) is 2.76. The molecule has 2 aromatic heterocycles. The molecule has 2 aromatic rings. The van der Waals surface area contributed by atoms with Crippen LogP contribution in [0.25, 0.3) is 11.5 Å². The summed E-state index contributed by atoms with van der Waals surface area (Å²) in [6.45, 7) is 3.57. The van der Waals surface area contributed by atoms with E-state index < -0.39 is 0 Å². The molecule has 80 valence electrons. The third-order valence-corrected chi connectivity index (χ3v) is 3.60. The van der Waals surface area contributed by atoms with E-state index in [0.717, 1.165) is 12.1 Å². The topological polar surface area (TPSA) is 51.0 Å². The number of thiophene rings is 1. The summed E-state index contributed by atoms with van der Waals surface area (Å²) < 4.78 is 6.72. The van der Waals surface area contributed by atoms with Crippen LogP contribution in [0.5, 0.6) is 0 Å². The molecule has 4 nitrogen and oxygen atoms in total. The Hall–Kier alpha value is -0.470. The molecule has 0 atom stereocenters. The fraction of sp³-hybridized carbons (Fsp3) is 0.333. The second kappa shape index (κ2) is 5.04. The van der Waals surface area contributed by atoms with E-state index >= 15 is 0 Å². The summed E-state index contributed by atoms with van der Waals surface area (Å²) in [5.41, 5.74) is 1.000. The Balaban J connectivity index is 2.13. The average Bonchev–Trinajstić information content (AvgIpc) is 2.83. The summed E-state index contributed by atoms with van der Waals surface area (Å²) in [6.07, 6.45) is 0. The standard InChI is InChI=1S/C9H10IN3OS/c1-2-11-4-8-12-13-9(14-8)6-3-7(10)15-5-6/h3,5,11H,2,4H2,1H3. The summed E-state index contributed by atoms with van der Waals surface area (Å²) in [7, 11) is 0. The van der Waals surface area contributed by atoms with Crippen LogP contribution in [0.15, 0.2) is 15.9 Å². The molecule has 0 aromatic carbocycles. The van der Waals surface area contributed by atoms with Gasteiger partial charge < -0.3 is 9.73 Å². The number of aromatic nitrogens is 2. The predicted molar refractivity (Wildman–Crippen MR) is 67.7 cm³/mol. The predicted octanol–water partition coefficient (Wildman–Crippen LogP) is 2.51. The van der Waals surface area contributed by atoms with Crippen LogP contribution in [0.3, 0.4) is 0 Å². The highest BCUT2D eigenvalue weighted by atomic mass is 127. The number of halogens is 1. The zero-order valence-electron chi connectivity index (χ0n) is 8.16. The normalized spacial score (nSPS) is 10.8. The molecule has 0 unspecified atom stereocenters. The van der Waals surface area contributed by atoms with Crippen LogP contribution in [0.4, 0.5) is 0 Å². The molecule has 0 saturated carbocycles. The van der Waals surface area contributed by atoms with Crippen molar-refractivity contribution in [3.8, 4) is 11.5 Å². The molecule has 0 fully saturated rings. The lowest BCUT2D eigenvalue weighted by molar-refractivity contribution is 0.482. The number of hydrogen-bond acceptors (Lipinski definition) is 5. The molecule has 0 amide bonds. The quantitative estimate of drug-likeness (QED) is 0.873. The number of nitrogens with zero attached hydrogens (tertiary/aromatic N) is 2. The van der Waals surface area contributed by atoms with Crippen LogP contribution in [-0.4, -0.2) is 16.7 Å². The SMILES string of the molecule is CCNCc1nnc(-c2csc(I)c2)o1. The second-order valence-corrected chi connectivity index (χ2v) is 5.73. The van der Waals surface area contributed by atoms with Gasteiger partial charge in [0.05, 0.1) is 15.0 Å². The molecule has 6 heteroatoms. The molecule has 15 heavy (non-hydrogen) atoms. The van der Waals surface area contributed by atoms with Crippen molar-refractivity contribution in [2.24, 2.45) is 0 Å². The maximum absolute atomic E-state index is 5.50. The Kier molecular flexibility index (Phi) is 3.71. The Labute approximate surface area is 105 Å². The first-order valence-electron chi connectivity index (χ1n) is 4.57. The molecule has 0 spiro atoms. The lowest BCUT2D eigenvalue weighted by Gasteiger charge is -1.93. The first kappa shape index (κ1) is 11.0. The van der Waals surface area contributed by atoms with Crippen LogP contribution < -0.4 is 5.32 Å². The van der Waals surface area contributed by atoms with E-state index in [4.69, 9.17) is 4.42 Å². The molecule has 1 N–H and O–H groups in total. The van der Waals surface area contributed by atoms with Gasteiger partial charge in [-0.1, -0.05) is 6.92 Å². The highest BCUT2D eigenvalue weighted by Gasteiger charge is 2.09. The van der Waals surface area contributed by atoms with Crippen molar-refractivity contribution in [3.05, 3.63) is 20.2 Å². The molecule has 0 aliphatic carbocycles. The molecule has 2 rings (SSSR count). The van der Waals surface area contributed by atoms with Crippen molar-refractivity contribution in [1.82, 2.24) is 15.5 Å². The van der Waals surface area contributed by atoms with Crippen LogP contribution in [0, 0.1) is 2.88 Å². The van der Waals surface area contributed by atoms with E-state index in [1.54, 1.807) is 11.3 Å². The number of hydrogen-bond donors (Lipinski definition) is 1. The summed E-state index contributed by atoms with van der Waals surface area (Å²) in [5.74, 6) is 1.23. The maximum Gasteiger partial charge on any atom is 0.248 e.